The summed E-state index contributed by atoms with van der Waals surface area (Å²) in [6.07, 6.45) is -4.79. The number of ether oxygens (including phenoxy) is 2. The molecule has 35 heavy (non-hydrogen) atoms. The Balaban J connectivity index is 2.07. The summed E-state index contributed by atoms with van der Waals surface area (Å²) in [5.74, 6) is -0.378. The first-order chi connectivity index (χ1) is 16.6. The molecule has 0 spiro atoms. The van der Waals surface area contributed by atoms with Gasteiger partial charge in [0.15, 0.2) is 0 Å². The van der Waals surface area contributed by atoms with Crippen molar-refractivity contribution < 1.29 is 32.2 Å². The Morgan fingerprint density at radius 3 is 2.17 bits per heavy atom. The molecule has 0 aliphatic carbocycles. The number of methoxy groups -OCH3 is 1. The molecule has 0 unspecified atom stereocenters. The number of nitrogens with one attached hydrogen (secondary N) is 2. The molecule has 0 saturated carbocycles. The number of hydrogen-bond acceptors (Lipinski definition) is 5. The molecule has 0 bridgehead atoms. The Bertz CT molecular complexity index is 980. The molecule has 0 aliphatic rings. The van der Waals surface area contributed by atoms with Crippen molar-refractivity contribution in [2.24, 2.45) is 0 Å². The number of alkyl halides is 3. The van der Waals surface area contributed by atoms with Gasteiger partial charge in [0.05, 0.1) is 12.7 Å². The van der Waals surface area contributed by atoms with Gasteiger partial charge in [0.2, 0.25) is 0 Å². The van der Waals surface area contributed by atoms with Crippen molar-refractivity contribution in [3.63, 3.8) is 0 Å². The van der Waals surface area contributed by atoms with E-state index in [4.69, 9.17) is 4.74 Å². The van der Waals surface area contributed by atoms with Crippen LogP contribution in [-0.4, -0.2) is 63.0 Å². The maximum absolute atomic E-state index is 12.8. The third-order valence-electron chi connectivity index (χ3n) is 5.25. The molecule has 8 nitrogen and oxygen atoms in total. The predicted molar refractivity (Wildman–Crippen MR) is 128 cm³/mol. The number of carbonyl (C=O) groups is 2. The van der Waals surface area contributed by atoms with Crippen molar-refractivity contribution in [2.45, 2.75) is 27.1 Å². The summed E-state index contributed by atoms with van der Waals surface area (Å²) < 4.78 is 46.3. The summed E-state index contributed by atoms with van der Waals surface area (Å²) in [6.45, 7) is 9.10. The summed E-state index contributed by atoms with van der Waals surface area (Å²) >= 11 is 0. The van der Waals surface area contributed by atoms with Gasteiger partial charge in [-0.25, -0.2) is 4.79 Å². The standard InChI is InChI=1S/C24H31F3N4O4/c1-5-30(6-2)15-14-28-22(32)20-13-8-17(16-21(20)34-4)29-23(33)31(7-3)18-9-11-19(12-10-18)35-24(25,26)27/h8-13,16H,5-7,14-15H2,1-4H3,(H,28,32)(H,29,33). The van der Waals surface area contributed by atoms with Crippen LogP contribution in [0.2, 0.25) is 0 Å². The number of halogens is 3. The zero-order chi connectivity index (χ0) is 26.0. The Hall–Kier alpha value is -3.47. The Kier molecular flexibility index (Phi) is 10.2. The first-order valence-electron chi connectivity index (χ1n) is 11.2. The molecule has 2 N–H and O–H groups in total. The number of likely N-dealkylation sites (N-methyl/N-ethyl adjacent to an activating group) is 1. The number of benzene rings is 2. The van der Waals surface area contributed by atoms with E-state index in [1.807, 2.05) is 0 Å². The molecular weight excluding hydrogens is 465 g/mol. The second kappa shape index (κ2) is 12.8. The number of nitrogens with zero attached hydrogens (tertiary/aromatic N) is 2. The van der Waals surface area contributed by atoms with Gasteiger partial charge in [-0.1, -0.05) is 13.8 Å². The lowest BCUT2D eigenvalue weighted by atomic mass is 10.1. The Labute approximate surface area is 203 Å². The molecule has 0 aromatic heterocycles. The van der Waals surface area contributed by atoms with Crippen LogP contribution in [0.4, 0.5) is 29.3 Å². The van der Waals surface area contributed by atoms with Crippen LogP contribution in [0.25, 0.3) is 0 Å². The minimum atomic E-state index is -4.79. The molecule has 0 aliphatic heterocycles. The SMILES string of the molecule is CCN(CC)CCNC(=O)c1ccc(NC(=O)N(CC)c2ccc(OC(F)(F)F)cc2)cc1OC. The van der Waals surface area contributed by atoms with Gasteiger partial charge in [0.1, 0.15) is 11.5 Å². The number of rotatable bonds is 11. The molecule has 192 valence electrons. The van der Waals surface area contributed by atoms with E-state index < -0.39 is 12.4 Å². The number of hydrogen-bond donors (Lipinski definition) is 2. The average Bonchev–Trinajstić information content (AvgIpc) is 2.82. The fourth-order valence-electron chi connectivity index (χ4n) is 3.38. The largest absolute Gasteiger partial charge is 0.573 e. The molecule has 2 rings (SSSR count). The lowest BCUT2D eigenvalue weighted by Crippen LogP contribution is -2.35. The predicted octanol–water partition coefficient (Wildman–Crippen LogP) is 4.72. The first-order valence-corrected chi connectivity index (χ1v) is 11.2. The molecule has 2 aromatic carbocycles. The van der Waals surface area contributed by atoms with E-state index in [1.54, 1.807) is 19.1 Å². The van der Waals surface area contributed by atoms with Crippen molar-refractivity contribution in [2.75, 3.05) is 50.1 Å². The topological polar surface area (TPSA) is 83.1 Å². The minimum absolute atomic E-state index is 0.259. The maximum Gasteiger partial charge on any atom is 0.573 e. The fraction of sp³-hybridized carbons (Fsp3) is 0.417. The summed E-state index contributed by atoms with van der Waals surface area (Å²) in [4.78, 5) is 28.9. The van der Waals surface area contributed by atoms with Gasteiger partial charge >= 0.3 is 12.4 Å². The highest BCUT2D eigenvalue weighted by Gasteiger charge is 2.31. The van der Waals surface area contributed by atoms with Crippen LogP contribution in [-0.2, 0) is 0 Å². The van der Waals surface area contributed by atoms with E-state index in [-0.39, 0.29) is 18.2 Å². The van der Waals surface area contributed by atoms with Crippen LogP contribution in [0.1, 0.15) is 31.1 Å². The molecule has 0 heterocycles. The van der Waals surface area contributed by atoms with Crippen LogP contribution in [0.5, 0.6) is 11.5 Å². The van der Waals surface area contributed by atoms with Gasteiger partial charge in [0.25, 0.3) is 5.91 Å². The second-order valence-electron chi connectivity index (χ2n) is 7.41. The lowest BCUT2D eigenvalue weighted by molar-refractivity contribution is -0.274. The summed E-state index contributed by atoms with van der Waals surface area (Å²) in [5.41, 5.74) is 1.11. The van der Waals surface area contributed by atoms with E-state index in [9.17, 15) is 22.8 Å². The van der Waals surface area contributed by atoms with Crippen molar-refractivity contribution in [3.05, 3.63) is 48.0 Å². The van der Waals surface area contributed by atoms with E-state index in [2.05, 4.69) is 34.1 Å². The van der Waals surface area contributed by atoms with Gasteiger partial charge < -0.3 is 25.0 Å². The van der Waals surface area contributed by atoms with E-state index in [1.165, 1.54) is 30.2 Å². The normalized spacial score (nSPS) is 11.2. The number of anilines is 2. The van der Waals surface area contributed by atoms with Crippen LogP contribution < -0.4 is 25.0 Å². The van der Waals surface area contributed by atoms with Crippen molar-refractivity contribution in [3.8, 4) is 11.5 Å². The molecular formula is C24H31F3N4O4. The molecule has 0 fully saturated rings. The van der Waals surface area contributed by atoms with E-state index in [0.29, 0.717) is 29.2 Å². The highest BCUT2D eigenvalue weighted by molar-refractivity contribution is 6.03. The van der Waals surface area contributed by atoms with Gasteiger partial charge in [-0.05, 0) is 56.4 Å². The van der Waals surface area contributed by atoms with Crippen LogP contribution in [0.3, 0.4) is 0 Å². The van der Waals surface area contributed by atoms with Crippen LogP contribution in [0, 0.1) is 0 Å². The maximum atomic E-state index is 12.8. The summed E-state index contributed by atoms with van der Waals surface area (Å²) in [5, 5.41) is 5.58. The monoisotopic (exact) mass is 496 g/mol. The lowest BCUT2D eigenvalue weighted by Gasteiger charge is -2.22. The van der Waals surface area contributed by atoms with Crippen LogP contribution >= 0.6 is 0 Å². The second-order valence-corrected chi connectivity index (χ2v) is 7.41. The fourth-order valence-corrected chi connectivity index (χ4v) is 3.38. The van der Waals surface area contributed by atoms with Gasteiger partial charge in [0, 0.05) is 37.1 Å². The molecule has 0 radical (unpaired) electrons. The highest BCUT2D eigenvalue weighted by atomic mass is 19.4. The summed E-state index contributed by atoms with van der Waals surface area (Å²) in [6, 6.07) is 9.15. The smallest absolute Gasteiger partial charge is 0.496 e. The first kappa shape index (κ1) is 27.8. The quantitative estimate of drug-likeness (QED) is 0.470. The van der Waals surface area contributed by atoms with E-state index in [0.717, 1.165) is 31.8 Å². The number of amides is 3. The van der Waals surface area contributed by atoms with E-state index >= 15 is 0 Å². The molecule has 0 atom stereocenters. The zero-order valence-corrected chi connectivity index (χ0v) is 20.2. The average molecular weight is 497 g/mol. The number of carbonyl (C=O) groups excluding carboxylic acids is 2. The van der Waals surface area contributed by atoms with Crippen molar-refractivity contribution in [1.29, 1.82) is 0 Å². The van der Waals surface area contributed by atoms with Gasteiger partial charge in [-0.3, -0.25) is 9.69 Å². The highest BCUT2D eigenvalue weighted by Crippen LogP contribution is 2.27. The molecule has 0 saturated heterocycles. The van der Waals surface area contributed by atoms with Crippen molar-refractivity contribution in [1.82, 2.24) is 10.2 Å². The third kappa shape index (κ3) is 8.36. The molecule has 11 heteroatoms. The molecule has 3 amide bonds. The van der Waals surface area contributed by atoms with Crippen molar-refractivity contribution >= 4 is 23.3 Å². The number of urea groups is 1. The van der Waals surface area contributed by atoms with Gasteiger partial charge in [-0.2, -0.15) is 0 Å². The summed E-state index contributed by atoms with van der Waals surface area (Å²) in [7, 11) is 1.43. The van der Waals surface area contributed by atoms with Gasteiger partial charge in [-0.15, -0.1) is 13.2 Å². The Morgan fingerprint density at radius 2 is 1.63 bits per heavy atom. The Morgan fingerprint density at radius 1 is 0.971 bits per heavy atom. The van der Waals surface area contributed by atoms with Crippen LogP contribution in [0.15, 0.2) is 42.5 Å². The third-order valence-corrected chi connectivity index (χ3v) is 5.25. The molecule has 2 aromatic rings. The minimum Gasteiger partial charge on any atom is -0.496 e. The zero-order valence-electron chi connectivity index (χ0n) is 20.2.